The molecule has 3 nitrogen and oxygen atoms in total. The molecule has 0 spiro atoms. The Bertz CT molecular complexity index is 343. The minimum absolute atomic E-state index is 0.218. The molecule has 100 valence electrons. The third-order valence-corrected chi connectivity index (χ3v) is 6.03. The Morgan fingerprint density at radius 3 is 2.17 bits per heavy atom. The van der Waals surface area contributed by atoms with Crippen molar-refractivity contribution in [3.63, 3.8) is 0 Å². The van der Waals surface area contributed by atoms with Gasteiger partial charge in [-0.05, 0) is 62.7 Å². The third-order valence-electron chi connectivity index (χ3n) is 6.03. The Balaban J connectivity index is 1.64. The van der Waals surface area contributed by atoms with Crippen LogP contribution >= 0.6 is 0 Å². The predicted octanol–water partition coefficient (Wildman–Crippen LogP) is 1.90. The van der Waals surface area contributed by atoms with E-state index in [0.29, 0.717) is 12.3 Å². The highest BCUT2D eigenvalue weighted by atomic mass is 16.2. The van der Waals surface area contributed by atoms with Crippen LogP contribution in [-0.2, 0) is 4.79 Å². The second-order valence-corrected chi connectivity index (χ2v) is 7.44. The molecule has 2 N–H and O–H groups in total. The van der Waals surface area contributed by atoms with Crippen molar-refractivity contribution >= 4 is 5.91 Å². The molecule has 1 aliphatic heterocycles. The van der Waals surface area contributed by atoms with Crippen LogP contribution < -0.4 is 5.73 Å². The van der Waals surface area contributed by atoms with E-state index in [1.807, 2.05) is 0 Å². The lowest BCUT2D eigenvalue weighted by Gasteiger charge is -2.61. The fourth-order valence-electron chi connectivity index (χ4n) is 5.73. The van der Waals surface area contributed by atoms with E-state index < -0.39 is 0 Å². The number of hydrogen-bond donors (Lipinski definition) is 1. The Morgan fingerprint density at radius 2 is 1.61 bits per heavy atom. The topological polar surface area (TPSA) is 46.3 Å². The third kappa shape index (κ3) is 1.56. The average molecular weight is 248 g/mol. The molecule has 0 aromatic heterocycles. The molecule has 1 atom stereocenters. The van der Waals surface area contributed by atoms with Gasteiger partial charge in [0.15, 0.2) is 0 Å². The van der Waals surface area contributed by atoms with Gasteiger partial charge in [-0.25, -0.2) is 0 Å². The van der Waals surface area contributed by atoms with Gasteiger partial charge in [-0.3, -0.25) is 4.79 Å². The van der Waals surface area contributed by atoms with Crippen molar-refractivity contribution in [1.82, 2.24) is 4.90 Å². The van der Waals surface area contributed by atoms with Gasteiger partial charge in [0.2, 0.25) is 5.91 Å². The molecule has 0 aromatic rings. The summed E-state index contributed by atoms with van der Waals surface area (Å²) in [5, 5.41) is 0. The van der Waals surface area contributed by atoms with Crippen LogP contribution in [0.4, 0.5) is 0 Å². The van der Waals surface area contributed by atoms with Gasteiger partial charge >= 0.3 is 0 Å². The van der Waals surface area contributed by atoms with E-state index >= 15 is 0 Å². The standard InChI is InChI=1S/C15H24N2O/c16-13-1-2-14(18)17(9-13)15-6-10-3-11(7-15)5-12(4-10)8-15/h10-13H,1-9,16H2. The van der Waals surface area contributed by atoms with E-state index in [1.165, 1.54) is 38.5 Å². The predicted molar refractivity (Wildman–Crippen MR) is 69.8 cm³/mol. The molecule has 5 aliphatic rings. The largest absolute Gasteiger partial charge is 0.335 e. The van der Waals surface area contributed by atoms with E-state index in [4.69, 9.17) is 5.73 Å². The van der Waals surface area contributed by atoms with Gasteiger partial charge in [-0.15, -0.1) is 0 Å². The quantitative estimate of drug-likeness (QED) is 0.770. The summed E-state index contributed by atoms with van der Waals surface area (Å²) in [6, 6.07) is 0.218. The van der Waals surface area contributed by atoms with E-state index in [1.54, 1.807) is 0 Å². The molecule has 4 saturated carbocycles. The Kier molecular flexibility index (Phi) is 2.33. The summed E-state index contributed by atoms with van der Waals surface area (Å²) in [5.41, 5.74) is 6.34. The van der Waals surface area contributed by atoms with E-state index in [2.05, 4.69) is 4.90 Å². The number of likely N-dealkylation sites (tertiary alicyclic amines) is 1. The van der Waals surface area contributed by atoms with Crippen LogP contribution in [0.1, 0.15) is 51.4 Å². The van der Waals surface area contributed by atoms with Crippen LogP contribution in [0.2, 0.25) is 0 Å². The highest BCUT2D eigenvalue weighted by Crippen LogP contribution is 2.58. The average Bonchev–Trinajstić information content (AvgIpc) is 2.30. The summed E-state index contributed by atoms with van der Waals surface area (Å²) in [7, 11) is 0. The molecule has 18 heavy (non-hydrogen) atoms. The van der Waals surface area contributed by atoms with Gasteiger partial charge < -0.3 is 10.6 Å². The van der Waals surface area contributed by atoms with Crippen LogP contribution in [0.5, 0.6) is 0 Å². The van der Waals surface area contributed by atoms with E-state index in [0.717, 1.165) is 30.7 Å². The van der Waals surface area contributed by atoms with Gasteiger partial charge in [-0.2, -0.15) is 0 Å². The number of amides is 1. The first-order valence-corrected chi connectivity index (χ1v) is 7.71. The van der Waals surface area contributed by atoms with Crippen LogP contribution in [0.15, 0.2) is 0 Å². The first kappa shape index (κ1) is 11.3. The number of piperidine rings is 1. The van der Waals surface area contributed by atoms with Gasteiger partial charge in [-0.1, -0.05) is 0 Å². The molecule has 1 unspecified atom stereocenters. The van der Waals surface area contributed by atoms with Crippen molar-refractivity contribution < 1.29 is 4.79 Å². The summed E-state index contributed by atoms with van der Waals surface area (Å²) in [6.07, 6.45) is 9.71. The molecule has 5 rings (SSSR count). The smallest absolute Gasteiger partial charge is 0.223 e. The van der Waals surface area contributed by atoms with Crippen molar-refractivity contribution in [3.8, 4) is 0 Å². The van der Waals surface area contributed by atoms with Crippen LogP contribution in [0, 0.1) is 17.8 Å². The highest BCUT2D eigenvalue weighted by molar-refractivity contribution is 5.78. The molecular formula is C15H24N2O. The molecular weight excluding hydrogens is 224 g/mol. The second-order valence-electron chi connectivity index (χ2n) is 7.44. The number of nitrogens with zero attached hydrogens (tertiary/aromatic N) is 1. The van der Waals surface area contributed by atoms with E-state index in [9.17, 15) is 4.79 Å². The van der Waals surface area contributed by atoms with Crippen molar-refractivity contribution in [2.45, 2.75) is 62.9 Å². The second kappa shape index (κ2) is 3.72. The first-order valence-electron chi connectivity index (χ1n) is 7.71. The molecule has 3 heteroatoms. The molecule has 4 aliphatic carbocycles. The van der Waals surface area contributed by atoms with Gasteiger partial charge in [0.25, 0.3) is 0 Å². The lowest BCUT2D eigenvalue weighted by atomic mass is 9.52. The molecule has 1 amide bonds. The fourth-order valence-corrected chi connectivity index (χ4v) is 5.73. The fraction of sp³-hybridized carbons (Fsp3) is 0.933. The summed E-state index contributed by atoms with van der Waals surface area (Å²) in [5.74, 6) is 3.10. The minimum atomic E-state index is 0.218. The van der Waals surface area contributed by atoms with Gasteiger partial charge in [0.05, 0.1) is 0 Å². The molecule has 4 bridgehead atoms. The van der Waals surface area contributed by atoms with Crippen LogP contribution in [0.25, 0.3) is 0 Å². The maximum absolute atomic E-state index is 12.3. The Morgan fingerprint density at radius 1 is 1.06 bits per heavy atom. The van der Waals surface area contributed by atoms with Crippen molar-refractivity contribution in [2.24, 2.45) is 23.5 Å². The molecule has 5 fully saturated rings. The van der Waals surface area contributed by atoms with Crippen LogP contribution in [-0.4, -0.2) is 28.9 Å². The number of hydrogen-bond acceptors (Lipinski definition) is 2. The number of rotatable bonds is 1. The van der Waals surface area contributed by atoms with Crippen molar-refractivity contribution in [3.05, 3.63) is 0 Å². The summed E-state index contributed by atoms with van der Waals surface area (Å²) in [4.78, 5) is 14.6. The summed E-state index contributed by atoms with van der Waals surface area (Å²) >= 11 is 0. The maximum Gasteiger partial charge on any atom is 0.223 e. The van der Waals surface area contributed by atoms with Gasteiger partial charge in [0, 0.05) is 24.5 Å². The van der Waals surface area contributed by atoms with Crippen LogP contribution in [0.3, 0.4) is 0 Å². The highest BCUT2D eigenvalue weighted by Gasteiger charge is 2.55. The maximum atomic E-state index is 12.3. The lowest BCUT2D eigenvalue weighted by Crippen LogP contribution is -2.64. The monoisotopic (exact) mass is 248 g/mol. The number of carbonyl (C=O) groups excluding carboxylic acids is 1. The number of carbonyl (C=O) groups is 1. The normalized spacial score (nSPS) is 50.9. The van der Waals surface area contributed by atoms with Gasteiger partial charge in [0.1, 0.15) is 0 Å². The zero-order valence-electron chi connectivity index (χ0n) is 11.1. The molecule has 0 radical (unpaired) electrons. The SMILES string of the molecule is NC1CCC(=O)N(C23CC4CC(CC(C4)C2)C3)C1. The molecule has 0 aromatic carbocycles. The minimum Gasteiger partial charge on any atom is -0.335 e. The van der Waals surface area contributed by atoms with E-state index in [-0.39, 0.29) is 11.6 Å². The van der Waals surface area contributed by atoms with Crippen molar-refractivity contribution in [2.75, 3.05) is 6.54 Å². The molecule has 1 heterocycles. The zero-order chi connectivity index (χ0) is 12.3. The lowest BCUT2D eigenvalue weighted by molar-refractivity contribution is -0.154. The summed E-state index contributed by atoms with van der Waals surface area (Å²) < 4.78 is 0. The first-order chi connectivity index (χ1) is 8.64. The molecule has 1 saturated heterocycles. The van der Waals surface area contributed by atoms with Crippen molar-refractivity contribution in [1.29, 1.82) is 0 Å². The Labute approximate surface area is 109 Å². The Hall–Kier alpha value is -0.570. The zero-order valence-corrected chi connectivity index (χ0v) is 11.1. The number of nitrogens with two attached hydrogens (primary N) is 1. The summed E-state index contributed by atoms with van der Waals surface area (Å²) in [6.45, 7) is 0.824.